The Balaban J connectivity index is 0.00000392. The van der Waals surface area contributed by atoms with Gasteiger partial charge in [-0.2, -0.15) is 0 Å². The lowest BCUT2D eigenvalue weighted by molar-refractivity contribution is 0.152. The minimum absolute atomic E-state index is 0. The number of anilines is 1. The second kappa shape index (κ2) is 14.9. The number of rotatable bonds is 10. The summed E-state index contributed by atoms with van der Waals surface area (Å²) in [4.78, 5) is 9.72. The Morgan fingerprint density at radius 1 is 1.14 bits per heavy atom. The fourth-order valence-electron chi connectivity index (χ4n) is 3.27. The highest BCUT2D eigenvalue weighted by molar-refractivity contribution is 14.0. The summed E-state index contributed by atoms with van der Waals surface area (Å²) in [6.07, 6.45) is 1.09. The third-order valence-electron chi connectivity index (χ3n) is 4.73. The molecule has 2 N–H and O–H groups in total. The molecule has 0 radical (unpaired) electrons. The minimum atomic E-state index is 0. The molecule has 0 unspecified atom stereocenters. The van der Waals surface area contributed by atoms with E-state index in [4.69, 9.17) is 4.74 Å². The third-order valence-corrected chi connectivity index (χ3v) is 4.73. The van der Waals surface area contributed by atoms with Crippen molar-refractivity contribution in [2.75, 3.05) is 70.5 Å². The van der Waals surface area contributed by atoms with Gasteiger partial charge in [-0.3, -0.25) is 9.89 Å². The van der Waals surface area contributed by atoms with Crippen LogP contribution in [0.25, 0.3) is 0 Å². The molecular weight excluding hydrogens is 465 g/mol. The molecular formula is C21H38IN5O. The lowest BCUT2D eigenvalue weighted by Gasteiger charge is -2.36. The minimum Gasteiger partial charge on any atom is -0.380 e. The fraction of sp³-hybridized carbons (Fsp3) is 0.667. The number of nitrogens with zero attached hydrogens (tertiary/aromatic N) is 3. The summed E-state index contributed by atoms with van der Waals surface area (Å²) in [6, 6.07) is 8.82. The van der Waals surface area contributed by atoms with E-state index in [1.165, 1.54) is 11.3 Å². The van der Waals surface area contributed by atoms with Gasteiger partial charge >= 0.3 is 0 Å². The largest absolute Gasteiger partial charge is 0.380 e. The van der Waals surface area contributed by atoms with Crippen LogP contribution in [-0.2, 0) is 4.74 Å². The molecule has 0 aliphatic carbocycles. The van der Waals surface area contributed by atoms with E-state index in [0.29, 0.717) is 6.61 Å². The van der Waals surface area contributed by atoms with Gasteiger partial charge in [0.2, 0.25) is 0 Å². The molecule has 2 rings (SSSR count). The first-order chi connectivity index (χ1) is 13.2. The van der Waals surface area contributed by atoms with Crippen molar-refractivity contribution in [3.63, 3.8) is 0 Å². The van der Waals surface area contributed by atoms with Gasteiger partial charge < -0.3 is 20.3 Å². The average Bonchev–Trinajstić information content (AvgIpc) is 2.69. The van der Waals surface area contributed by atoms with Crippen LogP contribution in [0.2, 0.25) is 0 Å². The summed E-state index contributed by atoms with van der Waals surface area (Å²) in [6.45, 7) is 15.8. The zero-order chi connectivity index (χ0) is 19.3. The van der Waals surface area contributed by atoms with E-state index in [0.717, 1.165) is 71.3 Å². The highest BCUT2D eigenvalue weighted by Crippen LogP contribution is 2.17. The van der Waals surface area contributed by atoms with Crippen LogP contribution in [0, 0.1) is 6.92 Å². The highest BCUT2D eigenvalue weighted by Gasteiger charge is 2.16. The number of aryl methyl sites for hydroxylation is 1. The molecule has 1 fully saturated rings. The molecule has 0 saturated carbocycles. The molecule has 0 amide bonds. The van der Waals surface area contributed by atoms with Crippen molar-refractivity contribution in [2.24, 2.45) is 4.99 Å². The molecule has 6 nitrogen and oxygen atoms in total. The molecule has 1 aromatic rings. The Hall–Kier alpha value is -1.06. The summed E-state index contributed by atoms with van der Waals surface area (Å²) < 4.78 is 5.36. The fourth-order valence-corrected chi connectivity index (χ4v) is 3.27. The van der Waals surface area contributed by atoms with Gasteiger partial charge in [-0.15, -0.1) is 24.0 Å². The van der Waals surface area contributed by atoms with Gasteiger partial charge in [-0.05, 0) is 44.9 Å². The average molecular weight is 503 g/mol. The summed E-state index contributed by atoms with van der Waals surface area (Å²) in [5, 5.41) is 6.61. The van der Waals surface area contributed by atoms with Gasteiger partial charge in [0, 0.05) is 64.7 Å². The van der Waals surface area contributed by atoms with E-state index < -0.39 is 0 Å². The zero-order valence-corrected chi connectivity index (χ0v) is 20.1. The molecule has 28 heavy (non-hydrogen) atoms. The van der Waals surface area contributed by atoms with Gasteiger partial charge in [0.05, 0.1) is 6.61 Å². The van der Waals surface area contributed by atoms with Gasteiger partial charge in [-0.25, -0.2) is 0 Å². The van der Waals surface area contributed by atoms with E-state index in [1.807, 2.05) is 6.92 Å². The topological polar surface area (TPSA) is 52.1 Å². The monoisotopic (exact) mass is 503 g/mol. The van der Waals surface area contributed by atoms with Crippen LogP contribution in [0.4, 0.5) is 5.69 Å². The molecule has 7 heteroatoms. The Bertz CT molecular complexity index is 561. The number of nitrogens with one attached hydrogen (secondary N) is 2. The number of guanidine groups is 1. The Morgan fingerprint density at radius 2 is 1.93 bits per heavy atom. The van der Waals surface area contributed by atoms with E-state index in [1.54, 1.807) is 0 Å². The molecule has 160 valence electrons. The SMILES string of the molecule is CCNC(=NCCCN1CCN(c2cccc(C)c2)CC1)NCCOCC.I. The summed E-state index contributed by atoms with van der Waals surface area (Å²) in [5.74, 6) is 0.890. The molecule has 1 aromatic carbocycles. The van der Waals surface area contributed by atoms with Crippen LogP contribution in [0.3, 0.4) is 0 Å². The maximum Gasteiger partial charge on any atom is 0.191 e. The molecule has 0 aromatic heterocycles. The second-order valence-corrected chi connectivity index (χ2v) is 6.91. The molecule has 0 spiro atoms. The number of piperazine rings is 1. The number of hydrogen-bond donors (Lipinski definition) is 2. The van der Waals surface area contributed by atoms with Crippen molar-refractivity contribution in [1.82, 2.24) is 15.5 Å². The van der Waals surface area contributed by atoms with Crippen LogP contribution < -0.4 is 15.5 Å². The first-order valence-electron chi connectivity index (χ1n) is 10.4. The van der Waals surface area contributed by atoms with Gasteiger partial charge in [0.1, 0.15) is 0 Å². The van der Waals surface area contributed by atoms with Crippen LogP contribution in [-0.4, -0.2) is 76.4 Å². The predicted octanol–water partition coefficient (Wildman–Crippen LogP) is 2.72. The summed E-state index contributed by atoms with van der Waals surface area (Å²) in [5.41, 5.74) is 2.69. The van der Waals surface area contributed by atoms with Crippen LogP contribution in [0.5, 0.6) is 0 Å². The lowest BCUT2D eigenvalue weighted by atomic mass is 10.2. The molecule has 1 aliphatic rings. The quantitative estimate of drug-likeness (QED) is 0.223. The number of halogens is 1. The van der Waals surface area contributed by atoms with Crippen molar-refractivity contribution in [3.8, 4) is 0 Å². The van der Waals surface area contributed by atoms with Crippen molar-refractivity contribution >= 4 is 35.6 Å². The van der Waals surface area contributed by atoms with E-state index in [-0.39, 0.29) is 24.0 Å². The van der Waals surface area contributed by atoms with E-state index >= 15 is 0 Å². The standard InChI is InChI=1S/C21H37N5O.HI/c1-4-22-21(24-11-17-27-5-2)23-10-7-12-25-13-15-26(16-14-25)20-9-6-8-19(3)18-20;/h6,8-9,18H,4-5,7,10-17H2,1-3H3,(H2,22,23,24);1H. The number of hydrogen-bond acceptors (Lipinski definition) is 4. The van der Waals surface area contributed by atoms with Gasteiger partial charge in [-0.1, -0.05) is 12.1 Å². The molecule has 1 heterocycles. The number of ether oxygens (including phenoxy) is 1. The number of benzene rings is 1. The lowest BCUT2D eigenvalue weighted by Crippen LogP contribution is -2.46. The van der Waals surface area contributed by atoms with E-state index in [9.17, 15) is 0 Å². The van der Waals surface area contributed by atoms with Crippen molar-refractivity contribution in [2.45, 2.75) is 27.2 Å². The molecule has 1 aliphatic heterocycles. The van der Waals surface area contributed by atoms with Crippen LogP contribution in [0.15, 0.2) is 29.3 Å². The first kappa shape index (κ1) is 25.0. The summed E-state index contributed by atoms with van der Waals surface area (Å²) >= 11 is 0. The third kappa shape index (κ3) is 9.43. The second-order valence-electron chi connectivity index (χ2n) is 6.91. The van der Waals surface area contributed by atoms with Crippen molar-refractivity contribution < 1.29 is 4.74 Å². The highest BCUT2D eigenvalue weighted by atomic mass is 127. The maximum atomic E-state index is 5.36. The van der Waals surface area contributed by atoms with Crippen molar-refractivity contribution in [1.29, 1.82) is 0 Å². The predicted molar refractivity (Wildman–Crippen MR) is 130 cm³/mol. The molecule has 1 saturated heterocycles. The first-order valence-corrected chi connectivity index (χ1v) is 10.4. The van der Waals surface area contributed by atoms with Gasteiger partial charge in [0.15, 0.2) is 5.96 Å². The van der Waals surface area contributed by atoms with Crippen LogP contribution >= 0.6 is 24.0 Å². The Labute approximate surface area is 188 Å². The Morgan fingerprint density at radius 3 is 2.61 bits per heavy atom. The summed E-state index contributed by atoms with van der Waals surface area (Å²) in [7, 11) is 0. The van der Waals surface area contributed by atoms with Crippen molar-refractivity contribution in [3.05, 3.63) is 29.8 Å². The normalized spacial score (nSPS) is 15.2. The van der Waals surface area contributed by atoms with Crippen LogP contribution in [0.1, 0.15) is 25.8 Å². The molecule has 0 bridgehead atoms. The smallest absolute Gasteiger partial charge is 0.191 e. The molecule has 0 atom stereocenters. The maximum absolute atomic E-state index is 5.36. The number of aliphatic imine (C=N–C) groups is 1. The van der Waals surface area contributed by atoms with Gasteiger partial charge in [0.25, 0.3) is 0 Å². The zero-order valence-electron chi connectivity index (χ0n) is 17.7. The van der Waals surface area contributed by atoms with E-state index in [2.05, 4.69) is 63.5 Å². The Kier molecular flexibility index (Phi) is 13.3.